The predicted octanol–water partition coefficient (Wildman–Crippen LogP) is 5.67. The zero-order valence-corrected chi connectivity index (χ0v) is 17.6. The zero-order valence-electron chi connectivity index (χ0n) is 17.6. The molecule has 30 heavy (non-hydrogen) atoms. The highest BCUT2D eigenvalue weighted by Crippen LogP contribution is 2.39. The van der Waals surface area contributed by atoms with Crippen molar-refractivity contribution in [3.63, 3.8) is 0 Å². The number of rotatable bonds is 7. The third-order valence-electron chi connectivity index (χ3n) is 5.26. The monoisotopic (exact) mass is 402 g/mol. The molecule has 0 unspecified atom stereocenters. The Labute approximate surface area is 177 Å². The summed E-state index contributed by atoms with van der Waals surface area (Å²) in [6.07, 6.45) is 0.664. The average Bonchev–Trinajstić information content (AvgIpc) is 2.80. The van der Waals surface area contributed by atoms with Crippen LogP contribution in [0.15, 0.2) is 78.9 Å². The Morgan fingerprint density at radius 3 is 1.37 bits per heavy atom. The molecule has 0 aliphatic rings. The van der Waals surface area contributed by atoms with Gasteiger partial charge < -0.3 is 9.47 Å². The summed E-state index contributed by atoms with van der Waals surface area (Å²) in [4.78, 5) is 23.2. The first-order valence-corrected chi connectivity index (χ1v) is 10.1. The van der Waals surface area contributed by atoms with E-state index < -0.39 is 5.41 Å². The maximum absolute atomic E-state index is 11.6. The first kappa shape index (κ1) is 21.3. The second-order valence-corrected chi connectivity index (χ2v) is 7.20. The first-order valence-electron chi connectivity index (χ1n) is 10.1. The van der Waals surface area contributed by atoms with Crippen LogP contribution < -0.4 is 9.47 Å². The molecule has 0 aliphatic heterocycles. The third-order valence-corrected chi connectivity index (χ3v) is 5.26. The van der Waals surface area contributed by atoms with Crippen LogP contribution in [0.4, 0.5) is 0 Å². The van der Waals surface area contributed by atoms with Crippen LogP contribution >= 0.6 is 0 Å². The van der Waals surface area contributed by atoms with Gasteiger partial charge in [-0.15, -0.1) is 0 Å². The molecule has 4 nitrogen and oxygen atoms in total. The molecule has 0 amide bonds. The Hall–Kier alpha value is -3.40. The molecule has 3 aromatic rings. The van der Waals surface area contributed by atoms with Gasteiger partial charge in [0.15, 0.2) is 0 Å². The van der Waals surface area contributed by atoms with Gasteiger partial charge in [-0.25, -0.2) is 0 Å². The summed E-state index contributed by atoms with van der Waals surface area (Å²) in [6, 6.07) is 25.4. The largest absolute Gasteiger partial charge is 0.427 e. The standard InChI is InChI=1S/C26H26O4/c1-4-24(27)29-22-15-11-20(12-16-22)26(3,19-9-7-6-8-10-19)21-13-17-23(18-14-21)30-25(28)5-2/h6-18H,4-5H2,1-3H3. The molecule has 4 heteroatoms. The molecule has 0 spiro atoms. The number of hydrogen-bond acceptors (Lipinski definition) is 4. The van der Waals surface area contributed by atoms with E-state index in [0.29, 0.717) is 24.3 Å². The van der Waals surface area contributed by atoms with Crippen molar-refractivity contribution in [1.29, 1.82) is 0 Å². The molecule has 154 valence electrons. The lowest BCUT2D eigenvalue weighted by Gasteiger charge is -2.32. The van der Waals surface area contributed by atoms with E-state index >= 15 is 0 Å². The van der Waals surface area contributed by atoms with Crippen LogP contribution in [-0.2, 0) is 15.0 Å². The summed E-state index contributed by atoms with van der Waals surface area (Å²) < 4.78 is 10.6. The van der Waals surface area contributed by atoms with Gasteiger partial charge in [0.25, 0.3) is 0 Å². The molecule has 0 heterocycles. The Morgan fingerprint density at radius 1 is 0.633 bits per heavy atom. The van der Waals surface area contributed by atoms with Gasteiger partial charge in [-0.1, -0.05) is 68.4 Å². The van der Waals surface area contributed by atoms with Crippen molar-refractivity contribution in [1.82, 2.24) is 0 Å². The van der Waals surface area contributed by atoms with E-state index in [2.05, 4.69) is 19.1 Å². The van der Waals surface area contributed by atoms with Crippen molar-refractivity contribution >= 4 is 11.9 Å². The van der Waals surface area contributed by atoms with Gasteiger partial charge in [0.05, 0.1) is 0 Å². The van der Waals surface area contributed by atoms with Crippen LogP contribution in [0, 0.1) is 0 Å². The van der Waals surface area contributed by atoms with Crippen LogP contribution in [0.5, 0.6) is 11.5 Å². The van der Waals surface area contributed by atoms with Gasteiger partial charge in [0.1, 0.15) is 11.5 Å². The Kier molecular flexibility index (Phi) is 6.68. The highest BCUT2D eigenvalue weighted by atomic mass is 16.5. The lowest BCUT2D eigenvalue weighted by molar-refractivity contribution is -0.134. The van der Waals surface area contributed by atoms with Crippen LogP contribution in [0.25, 0.3) is 0 Å². The number of hydrogen-bond donors (Lipinski definition) is 0. The number of ether oxygens (including phenoxy) is 2. The van der Waals surface area contributed by atoms with Crippen LogP contribution in [0.1, 0.15) is 50.3 Å². The Bertz CT molecular complexity index is 928. The molecule has 0 fully saturated rings. The molecular weight excluding hydrogens is 376 g/mol. The summed E-state index contributed by atoms with van der Waals surface area (Å²) in [5, 5.41) is 0. The highest BCUT2D eigenvalue weighted by molar-refractivity contribution is 5.72. The fraction of sp³-hybridized carbons (Fsp3) is 0.231. The van der Waals surface area contributed by atoms with Crippen LogP contribution in [0.2, 0.25) is 0 Å². The number of esters is 2. The molecule has 0 aromatic heterocycles. The van der Waals surface area contributed by atoms with E-state index in [9.17, 15) is 9.59 Å². The number of benzene rings is 3. The molecule has 0 saturated carbocycles. The summed E-state index contributed by atoms with van der Waals surface area (Å²) in [6.45, 7) is 5.69. The molecule has 3 rings (SSSR count). The van der Waals surface area contributed by atoms with E-state index in [1.165, 1.54) is 0 Å². The van der Waals surface area contributed by atoms with Gasteiger partial charge in [-0.3, -0.25) is 9.59 Å². The van der Waals surface area contributed by atoms with Crippen molar-refractivity contribution in [2.45, 2.75) is 39.0 Å². The maximum Gasteiger partial charge on any atom is 0.310 e. The Morgan fingerprint density at radius 2 is 1.00 bits per heavy atom. The van der Waals surface area contributed by atoms with E-state index in [-0.39, 0.29) is 11.9 Å². The second kappa shape index (κ2) is 9.40. The number of carbonyl (C=O) groups is 2. The molecule has 0 atom stereocenters. The minimum Gasteiger partial charge on any atom is -0.427 e. The minimum absolute atomic E-state index is 0.259. The second-order valence-electron chi connectivity index (χ2n) is 7.20. The van der Waals surface area contributed by atoms with Gasteiger partial charge >= 0.3 is 11.9 Å². The molecule has 0 aliphatic carbocycles. The lowest BCUT2D eigenvalue weighted by Crippen LogP contribution is -2.25. The van der Waals surface area contributed by atoms with Gasteiger partial charge in [-0.05, 0) is 47.9 Å². The summed E-state index contributed by atoms with van der Waals surface area (Å²) in [7, 11) is 0. The topological polar surface area (TPSA) is 52.6 Å². The molecule has 0 radical (unpaired) electrons. The minimum atomic E-state index is -0.443. The van der Waals surface area contributed by atoms with E-state index in [1.807, 2.05) is 66.7 Å². The maximum atomic E-state index is 11.6. The highest BCUT2D eigenvalue weighted by Gasteiger charge is 2.31. The Balaban J connectivity index is 2.00. The molecule has 0 saturated heterocycles. The fourth-order valence-electron chi connectivity index (χ4n) is 3.39. The molecule has 3 aromatic carbocycles. The average molecular weight is 402 g/mol. The van der Waals surface area contributed by atoms with E-state index in [0.717, 1.165) is 16.7 Å². The molecule has 0 bridgehead atoms. The van der Waals surface area contributed by atoms with Crippen molar-refractivity contribution < 1.29 is 19.1 Å². The smallest absolute Gasteiger partial charge is 0.310 e. The quantitative estimate of drug-likeness (QED) is 0.290. The van der Waals surface area contributed by atoms with Crippen molar-refractivity contribution in [3.05, 3.63) is 95.6 Å². The van der Waals surface area contributed by atoms with Gasteiger partial charge in [0.2, 0.25) is 0 Å². The van der Waals surface area contributed by atoms with E-state index in [4.69, 9.17) is 9.47 Å². The summed E-state index contributed by atoms with van der Waals surface area (Å²) in [5.74, 6) is 0.544. The van der Waals surface area contributed by atoms with Crippen molar-refractivity contribution in [2.75, 3.05) is 0 Å². The van der Waals surface area contributed by atoms with Crippen LogP contribution in [-0.4, -0.2) is 11.9 Å². The predicted molar refractivity (Wildman–Crippen MR) is 117 cm³/mol. The number of carbonyl (C=O) groups excluding carboxylic acids is 2. The van der Waals surface area contributed by atoms with Gasteiger partial charge in [0, 0.05) is 18.3 Å². The normalized spacial score (nSPS) is 11.0. The van der Waals surface area contributed by atoms with Crippen molar-refractivity contribution in [3.8, 4) is 11.5 Å². The fourth-order valence-corrected chi connectivity index (χ4v) is 3.39. The molecular formula is C26H26O4. The van der Waals surface area contributed by atoms with Gasteiger partial charge in [-0.2, -0.15) is 0 Å². The zero-order chi connectivity index (χ0) is 21.6. The summed E-state index contributed by atoms with van der Waals surface area (Å²) in [5.41, 5.74) is 2.80. The third kappa shape index (κ3) is 4.60. The van der Waals surface area contributed by atoms with Crippen molar-refractivity contribution in [2.24, 2.45) is 0 Å². The SMILES string of the molecule is CCC(=O)Oc1ccc(C(C)(c2ccccc2)c2ccc(OC(=O)CC)cc2)cc1. The van der Waals surface area contributed by atoms with Crippen LogP contribution in [0.3, 0.4) is 0 Å². The summed E-state index contributed by atoms with van der Waals surface area (Å²) >= 11 is 0. The van der Waals surface area contributed by atoms with E-state index in [1.54, 1.807) is 13.8 Å². The lowest BCUT2D eigenvalue weighted by atomic mass is 9.71. The molecule has 0 N–H and O–H groups in total. The first-order chi connectivity index (χ1) is 14.5.